The lowest BCUT2D eigenvalue weighted by Crippen LogP contribution is -2.37. The van der Waals surface area contributed by atoms with Crippen molar-refractivity contribution < 1.29 is 0 Å². The van der Waals surface area contributed by atoms with Gasteiger partial charge >= 0.3 is 0 Å². The molecule has 0 aromatic carbocycles. The Balaban J connectivity index is 1.71. The predicted molar refractivity (Wildman–Crippen MR) is 55.0 cm³/mol. The van der Waals surface area contributed by atoms with Crippen molar-refractivity contribution >= 4 is 0 Å². The summed E-state index contributed by atoms with van der Waals surface area (Å²) < 4.78 is 2.13. The number of piperidine rings is 1. The van der Waals surface area contributed by atoms with Gasteiger partial charge in [-0.2, -0.15) is 0 Å². The molecule has 1 aromatic heterocycles. The van der Waals surface area contributed by atoms with Gasteiger partial charge in [0.05, 0.1) is 6.33 Å². The van der Waals surface area contributed by atoms with Crippen LogP contribution < -0.4 is 5.32 Å². The zero-order chi connectivity index (χ0) is 9.54. The maximum Gasteiger partial charge on any atom is 0.0945 e. The number of imidazole rings is 1. The van der Waals surface area contributed by atoms with Gasteiger partial charge in [0.2, 0.25) is 0 Å². The van der Waals surface area contributed by atoms with E-state index in [-0.39, 0.29) is 0 Å². The van der Waals surface area contributed by atoms with Crippen molar-refractivity contribution in [1.29, 1.82) is 0 Å². The molecule has 3 atom stereocenters. The second kappa shape index (κ2) is 3.09. The van der Waals surface area contributed by atoms with E-state index in [1.165, 1.54) is 25.0 Å². The second-order valence-corrected chi connectivity index (χ2v) is 4.74. The van der Waals surface area contributed by atoms with E-state index in [0.29, 0.717) is 6.04 Å². The maximum absolute atomic E-state index is 4.16. The summed E-state index contributed by atoms with van der Waals surface area (Å²) in [7, 11) is 2.08. The van der Waals surface area contributed by atoms with E-state index in [1.807, 2.05) is 12.5 Å². The summed E-state index contributed by atoms with van der Waals surface area (Å²) in [6, 6.07) is 1.53. The van der Waals surface area contributed by atoms with E-state index in [2.05, 4.69) is 21.9 Å². The number of hydrogen-bond donors (Lipinski definition) is 1. The van der Waals surface area contributed by atoms with E-state index in [4.69, 9.17) is 0 Å². The first-order valence-corrected chi connectivity index (χ1v) is 5.54. The summed E-state index contributed by atoms with van der Waals surface area (Å²) in [6.07, 6.45) is 9.27. The fourth-order valence-electron chi connectivity index (χ4n) is 3.00. The summed E-state index contributed by atoms with van der Waals surface area (Å²) in [5.41, 5.74) is 1.36. The Morgan fingerprint density at radius 1 is 1.57 bits per heavy atom. The number of rotatable bonds is 2. The minimum absolute atomic E-state index is 0.712. The number of aromatic nitrogens is 2. The molecule has 1 aliphatic heterocycles. The molecule has 1 aliphatic carbocycles. The van der Waals surface area contributed by atoms with Crippen LogP contribution in [0.3, 0.4) is 0 Å². The van der Waals surface area contributed by atoms with Crippen LogP contribution in [0.25, 0.3) is 0 Å². The molecule has 1 saturated carbocycles. The summed E-state index contributed by atoms with van der Waals surface area (Å²) in [6.45, 7) is 0. The molecule has 3 unspecified atom stereocenters. The zero-order valence-electron chi connectivity index (χ0n) is 8.61. The van der Waals surface area contributed by atoms with Gasteiger partial charge in [-0.15, -0.1) is 0 Å². The standard InChI is InChI=1S/C11H17N3/c1-14-7-12-6-10(14)5-11-8-2-3-9(4-8)13-11/h6-9,11,13H,2-5H2,1H3. The van der Waals surface area contributed by atoms with Crippen molar-refractivity contribution in [3.8, 4) is 0 Å². The van der Waals surface area contributed by atoms with E-state index in [0.717, 1.165) is 18.4 Å². The zero-order valence-corrected chi connectivity index (χ0v) is 8.61. The Hall–Kier alpha value is -0.830. The van der Waals surface area contributed by atoms with Crippen LogP contribution in [0.5, 0.6) is 0 Å². The molecule has 14 heavy (non-hydrogen) atoms. The van der Waals surface area contributed by atoms with Gasteiger partial charge in [-0.1, -0.05) is 0 Å². The van der Waals surface area contributed by atoms with Crippen molar-refractivity contribution in [2.45, 2.75) is 37.8 Å². The van der Waals surface area contributed by atoms with E-state index in [9.17, 15) is 0 Å². The van der Waals surface area contributed by atoms with Crippen LogP contribution in [0.4, 0.5) is 0 Å². The third-order valence-electron chi connectivity index (χ3n) is 3.84. The van der Waals surface area contributed by atoms with E-state index in [1.54, 1.807) is 0 Å². The molecule has 0 radical (unpaired) electrons. The fourth-order valence-corrected chi connectivity index (χ4v) is 3.00. The third-order valence-corrected chi connectivity index (χ3v) is 3.84. The van der Waals surface area contributed by atoms with Gasteiger partial charge in [0.1, 0.15) is 0 Å². The van der Waals surface area contributed by atoms with E-state index < -0.39 is 0 Å². The summed E-state index contributed by atoms with van der Waals surface area (Å²) in [5.74, 6) is 0.926. The van der Waals surface area contributed by atoms with Gasteiger partial charge in [0.15, 0.2) is 0 Å². The van der Waals surface area contributed by atoms with Crippen molar-refractivity contribution in [2.24, 2.45) is 13.0 Å². The monoisotopic (exact) mass is 191 g/mol. The van der Waals surface area contributed by atoms with Crippen molar-refractivity contribution in [3.05, 3.63) is 18.2 Å². The smallest absolute Gasteiger partial charge is 0.0945 e. The molecule has 2 bridgehead atoms. The van der Waals surface area contributed by atoms with Crippen LogP contribution in [-0.2, 0) is 13.5 Å². The van der Waals surface area contributed by atoms with Gasteiger partial charge in [-0.3, -0.25) is 0 Å². The fraction of sp³-hybridized carbons (Fsp3) is 0.727. The molecule has 1 saturated heterocycles. The minimum atomic E-state index is 0.712. The Kier molecular flexibility index (Phi) is 1.87. The highest BCUT2D eigenvalue weighted by Crippen LogP contribution is 2.36. The van der Waals surface area contributed by atoms with Crippen LogP contribution in [-0.4, -0.2) is 21.6 Å². The molecular formula is C11H17N3. The molecule has 3 heteroatoms. The number of nitrogens with one attached hydrogen (secondary N) is 1. The molecule has 1 N–H and O–H groups in total. The van der Waals surface area contributed by atoms with Crippen molar-refractivity contribution in [3.63, 3.8) is 0 Å². The SMILES string of the molecule is Cn1cncc1CC1NC2CCC1C2. The normalized spacial score (nSPS) is 35.4. The highest BCUT2D eigenvalue weighted by Gasteiger charge is 2.38. The Morgan fingerprint density at radius 3 is 3.07 bits per heavy atom. The van der Waals surface area contributed by atoms with Gasteiger partial charge < -0.3 is 9.88 Å². The first kappa shape index (κ1) is 8.48. The summed E-state index contributed by atoms with van der Waals surface area (Å²) in [4.78, 5) is 4.16. The number of hydrogen-bond acceptors (Lipinski definition) is 2. The Labute approximate surface area is 84.5 Å². The van der Waals surface area contributed by atoms with Crippen LogP contribution >= 0.6 is 0 Å². The van der Waals surface area contributed by atoms with Crippen LogP contribution in [0.15, 0.2) is 12.5 Å². The molecule has 2 heterocycles. The topological polar surface area (TPSA) is 29.9 Å². The minimum Gasteiger partial charge on any atom is -0.338 e. The lowest BCUT2D eigenvalue weighted by Gasteiger charge is -2.22. The molecular weight excluding hydrogens is 174 g/mol. The molecule has 2 fully saturated rings. The quantitative estimate of drug-likeness (QED) is 0.758. The average molecular weight is 191 g/mol. The molecule has 2 aliphatic rings. The van der Waals surface area contributed by atoms with Gasteiger partial charge in [-0.05, 0) is 25.2 Å². The average Bonchev–Trinajstić information content (AvgIpc) is 2.83. The Morgan fingerprint density at radius 2 is 2.50 bits per heavy atom. The molecule has 3 rings (SSSR count). The number of nitrogens with zero attached hydrogens (tertiary/aromatic N) is 2. The van der Waals surface area contributed by atoms with Gasteiger partial charge in [0, 0.05) is 37.4 Å². The largest absolute Gasteiger partial charge is 0.338 e. The van der Waals surface area contributed by atoms with Gasteiger partial charge in [0.25, 0.3) is 0 Å². The molecule has 0 amide bonds. The summed E-state index contributed by atoms with van der Waals surface area (Å²) in [5, 5.41) is 3.71. The first-order valence-electron chi connectivity index (χ1n) is 5.54. The number of aryl methyl sites for hydroxylation is 1. The van der Waals surface area contributed by atoms with Crippen LogP contribution in [0.2, 0.25) is 0 Å². The third kappa shape index (κ3) is 1.27. The molecule has 1 aromatic rings. The Bertz CT molecular complexity index is 331. The van der Waals surface area contributed by atoms with Gasteiger partial charge in [-0.25, -0.2) is 4.98 Å². The lowest BCUT2D eigenvalue weighted by atomic mass is 9.96. The predicted octanol–water partition coefficient (Wildman–Crippen LogP) is 1.10. The van der Waals surface area contributed by atoms with Crippen LogP contribution in [0.1, 0.15) is 25.0 Å². The van der Waals surface area contributed by atoms with E-state index >= 15 is 0 Å². The lowest BCUT2D eigenvalue weighted by molar-refractivity contribution is 0.375. The second-order valence-electron chi connectivity index (χ2n) is 4.74. The maximum atomic E-state index is 4.16. The molecule has 3 nitrogen and oxygen atoms in total. The highest BCUT2D eigenvalue weighted by atomic mass is 15.1. The van der Waals surface area contributed by atoms with Crippen molar-refractivity contribution in [1.82, 2.24) is 14.9 Å². The molecule has 76 valence electrons. The summed E-state index contributed by atoms with van der Waals surface area (Å²) >= 11 is 0. The highest BCUT2D eigenvalue weighted by molar-refractivity contribution is 5.06. The number of fused-ring (bicyclic) bond motifs is 2. The van der Waals surface area contributed by atoms with Crippen LogP contribution in [0, 0.1) is 5.92 Å². The first-order chi connectivity index (χ1) is 6.83. The van der Waals surface area contributed by atoms with Crippen molar-refractivity contribution in [2.75, 3.05) is 0 Å². The molecule has 0 spiro atoms.